The van der Waals surface area contributed by atoms with Crippen molar-refractivity contribution in [3.63, 3.8) is 0 Å². The van der Waals surface area contributed by atoms with Gasteiger partial charge in [-0.2, -0.15) is 0 Å². The van der Waals surface area contributed by atoms with E-state index in [-0.39, 0.29) is 25.2 Å². The number of nitrogens with two attached hydrogens (primary N) is 1. The predicted octanol–water partition coefficient (Wildman–Crippen LogP) is 5.17. The number of anilines is 1. The fourth-order valence-electron chi connectivity index (χ4n) is 5.32. The summed E-state index contributed by atoms with van der Waals surface area (Å²) in [6, 6.07) is 17.2. The average molecular weight is 901 g/mol. The zero-order valence-electron chi connectivity index (χ0n) is 37.2. The number of halogens is 1. The van der Waals surface area contributed by atoms with Gasteiger partial charge >= 0.3 is 11.9 Å². The molecular weight excluding hydrogens is 826 g/mol. The van der Waals surface area contributed by atoms with Crippen molar-refractivity contribution in [2.45, 2.75) is 116 Å². The molecule has 17 heteroatoms. The number of aliphatic carboxylic acids is 2. The Balaban J connectivity index is 0.000000814. The Kier molecular flexibility index (Phi) is 32.9. The van der Waals surface area contributed by atoms with Gasteiger partial charge in [0, 0.05) is 50.3 Å². The van der Waals surface area contributed by atoms with Crippen LogP contribution in [0.15, 0.2) is 48.5 Å². The van der Waals surface area contributed by atoms with Crippen LogP contribution >= 0.6 is 23.7 Å². The van der Waals surface area contributed by atoms with Crippen LogP contribution in [0.25, 0.3) is 0 Å². The summed E-state index contributed by atoms with van der Waals surface area (Å²) in [6.07, 6.45) is 4.84. The fourth-order valence-corrected chi connectivity index (χ4v) is 6.28. The summed E-state index contributed by atoms with van der Waals surface area (Å²) >= 11 is 1.65. The van der Waals surface area contributed by atoms with Crippen LogP contribution in [0.4, 0.5) is 5.13 Å². The number of hydrogen-bond acceptors (Lipinski definition) is 14. The van der Waals surface area contributed by atoms with Crippen LogP contribution in [0.5, 0.6) is 11.5 Å². The molecule has 0 saturated carbocycles. The summed E-state index contributed by atoms with van der Waals surface area (Å²) < 4.78 is 21.1. The van der Waals surface area contributed by atoms with E-state index in [4.69, 9.17) is 34.9 Å². The van der Waals surface area contributed by atoms with Crippen LogP contribution in [-0.2, 0) is 44.7 Å². The van der Waals surface area contributed by atoms with E-state index in [0.717, 1.165) is 62.1 Å². The minimum Gasteiger partial charge on any atom is -0.491 e. The Morgan fingerprint density at radius 3 is 1.62 bits per heavy atom. The van der Waals surface area contributed by atoms with Gasteiger partial charge in [0.1, 0.15) is 36.9 Å². The second kappa shape index (κ2) is 34.9. The first-order chi connectivity index (χ1) is 28.6. The van der Waals surface area contributed by atoms with E-state index in [9.17, 15) is 19.8 Å². The van der Waals surface area contributed by atoms with Crippen LogP contribution < -0.4 is 31.2 Å². The summed E-state index contributed by atoms with van der Waals surface area (Å²) in [4.78, 5) is 25.0. The monoisotopic (exact) mass is 899 g/mol. The molecule has 1 aromatic heterocycles. The molecule has 0 fully saturated rings. The van der Waals surface area contributed by atoms with E-state index in [1.807, 2.05) is 76.2 Å². The molecule has 15 nitrogen and oxygen atoms in total. The van der Waals surface area contributed by atoms with Crippen LogP contribution in [0.1, 0.15) is 82.0 Å². The molecule has 0 bridgehead atoms. The fraction of sp³-hybridized carbons (Fsp3) is 0.614. The number of aliphatic hydroxyl groups is 2. The highest BCUT2D eigenvalue weighted by molar-refractivity contribution is 7.15. The topological polar surface area (TPSA) is 227 Å². The van der Waals surface area contributed by atoms with Crippen molar-refractivity contribution < 1.29 is 49.0 Å². The number of benzene rings is 2. The number of nitrogens with zero attached hydrogens (tertiary/aromatic N) is 1. The Morgan fingerprint density at radius 2 is 1.25 bits per heavy atom. The molecule has 2 unspecified atom stereocenters. The van der Waals surface area contributed by atoms with Gasteiger partial charge in [0.15, 0.2) is 5.13 Å². The summed E-state index contributed by atoms with van der Waals surface area (Å²) in [5.74, 6) is -0.589. The van der Waals surface area contributed by atoms with Crippen molar-refractivity contribution in [1.82, 2.24) is 20.9 Å². The van der Waals surface area contributed by atoms with Gasteiger partial charge in [-0.25, -0.2) is 4.98 Å². The number of carboxylic acids is 2. The van der Waals surface area contributed by atoms with Crippen molar-refractivity contribution in [2.75, 3.05) is 66.0 Å². The van der Waals surface area contributed by atoms with Crippen LogP contribution in [0, 0.1) is 0 Å². The number of ether oxygens (including phenoxy) is 4. The number of rotatable bonds is 24. The van der Waals surface area contributed by atoms with Gasteiger partial charge in [-0.1, -0.05) is 58.9 Å². The molecule has 4 rings (SSSR count). The maximum absolute atomic E-state index is 9.73. The zero-order valence-corrected chi connectivity index (χ0v) is 38.8. The van der Waals surface area contributed by atoms with E-state index in [2.05, 4.69) is 27.9 Å². The molecule has 1 aliphatic rings. The molecule has 0 radical (unpaired) electrons. The molecule has 0 saturated heterocycles. The molecule has 9 N–H and O–H groups in total. The van der Waals surface area contributed by atoms with Crippen LogP contribution in [0.2, 0.25) is 0 Å². The first-order valence-electron chi connectivity index (χ1n) is 20.8. The third-order valence-corrected chi connectivity index (χ3v) is 9.59. The minimum atomic E-state index is -1.08. The Hall–Kier alpha value is -3.58. The van der Waals surface area contributed by atoms with Crippen molar-refractivity contribution in [1.29, 1.82) is 0 Å². The normalized spacial score (nSPS) is 13.8. The lowest BCUT2D eigenvalue weighted by atomic mass is 9.98. The van der Waals surface area contributed by atoms with Gasteiger partial charge in [-0.15, -0.1) is 23.7 Å². The summed E-state index contributed by atoms with van der Waals surface area (Å²) in [6.45, 7) is 14.7. The number of aryl methyl sites for hydroxylation is 1. The number of aromatic nitrogens is 1. The Morgan fingerprint density at radius 1 is 0.803 bits per heavy atom. The smallest absolute Gasteiger partial charge is 0.303 e. The van der Waals surface area contributed by atoms with E-state index < -0.39 is 24.1 Å². The number of methoxy groups -OCH3 is 2. The average Bonchev–Trinajstić information content (AvgIpc) is 3.61. The number of carbonyl (C=O) groups is 2. The molecule has 1 heterocycles. The maximum atomic E-state index is 9.73. The second-order valence-electron chi connectivity index (χ2n) is 14.9. The summed E-state index contributed by atoms with van der Waals surface area (Å²) in [5, 5.41) is 45.9. The van der Waals surface area contributed by atoms with Gasteiger partial charge in [0.2, 0.25) is 0 Å². The van der Waals surface area contributed by atoms with Gasteiger partial charge in [-0.3, -0.25) is 9.59 Å². The first-order valence-corrected chi connectivity index (χ1v) is 21.6. The third kappa shape index (κ3) is 30.2. The molecule has 0 aliphatic heterocycles. The van der Waals surface area contributed by atoms with Gasteiger partial charge in [0.25, 0.3) is 0 Å². The lowest BCUT2D eigenvalue weighted by molar-refractivity contribution is -0.143. The summed E-state index contributed by atoms with van der Waals surface area (Å²) in [5.41, 5.74) is 9.37. The molecule has 0 spiro atoms. The number of thiazole rings is 1. The van der Waals surface area contributed by atoms with Gasteiger partial charge in [0.05, 0.1) is 31.7 Å². The van der Waals surface area contributed by atoms with Crippen molar-refractivity contribution in [3.8, 4) is 11.5 Å². The molecule has 348 valence electrons. The number of hydrogen-bond donors (Lipinski definition) is 8. The van der Waals surface area contributed by atoms with Crippen molar-refractivity contribution >= 4 is 40.8 Å². The molecular formula is C44H74ClN5O10S. The summed E-state index contributed by atoms with van der Waals surface area (Å²) in [7, 11) is 3.40. The van der Waals surface area contributed by atoms with E-state index in [1.165, 1.54) is 34.5 Å². The number of nitrogen functional groups attached to an aromatic ring is 1. The maximum Gasteiger partial charge on any atom is 0.303 e. The van der Waals surface area contributed by atoms with Crippen LogP contribution in [-0.4, -0.2) is 128 Å². The lowest BCUT2D eigenvalue weighted by Gasteiger charge is -2.21. The molecule has 3 atom stereocenters. The number of fused-ring (bicyclic) bond motifs is 1. The molecule has 1 aliphatic carbocycles. The van der Waals surface area contributed by atoms with Gasteiger partial charge < -0.3 is 61.1 Å². The highest BCUT2D eigenvalue weighted by atomic mass is 35.5. The van der Waals surface area contributed by atoms with E-state index in [1.54, 1.807) is 25.6 Å². The number of nitrogens with one attached hydrogen (secondary N) is 3. The molecule has 61 heavy (non-hydrogen) atoms. The first kappa shape index (κ1) is 57.4. The quantitative estimate of drug-likeness (QED) is 0.0581. The standard InChI is InChI=1S/2C15H25NO3.C10H17N3S.C4H6O4.ClH/c2*1-12(2)16-10-14(17)11-19-15-6-4-13(5-7-15)8-9-18-3;1-2-5-12-7-3-4-8-9(6-7)14-10(11)13-8;5-3(6)1-2-4(7)8;/h2*4-7,12,14,16-17H,8-11H2,1-3H3;7,12H,2-6H2,1H3,(H2,11,13);1-2H2,(H,5,6)(H,7,8);1H/t;;7-;;/m..0../s1. The molecule has 3 aromatic rings. The second-order valence-corrected chi connectivity index (χ2v) is 16.0. The number of carboxylic acid groups (broad SMARTS) is 2. The van der Waals surface area contributed by atoms with Crippen molar-refractivity contribution in [2.24, 2.45) is 0 Å². The Labute approximate surface area is 373 Å². The largest absolute Gasteiger partial charge is 0.491 e. The highest BCUT2D eigenvalue weighted by Crippen LogP contribution is 2.28. The Bertz CT molecular complexity index is 1470. The van der Waals surface area contributed by atoms with E-state index >= 15 is 0 Å². The third-order valence-electron chi connectivity index (χ3n) is 8.64. The zero-order chi connectivity index (χ0) is 44.7. The van der Waals surface area contributed by atoms with E-state index in [0.29, 0.717) is 44.4 Å². The molecule has 0 amide bonds. The lowest BCUT2D eigenvalue weighted by Crippen LogP contribution is -2.35. The van der Waals surface area contributed by atoms with Crippen molar-refractivity contribution in [3.05, 3.63) is 70.2 Å². The number of aliphatic hydroxyl groups excluding tert-OH is 2. The highest BCUT2D eigenvalue weighted by Gasteiger charge is 2.21. The molecule has 2 aromatic carbocycles. The predicted molar refractivity (Wildman–Crippen MR) is 246 cm³/mol. The van der Waals surface area contributed by atoms with Crippen LogP contribution in [0.3, 0.4) is 0 Å². The van der Waals surface area contributed by atoms with Gasteiger partial charge in [-0.05, 0) is 80.5 Å². The minimum absolute atomic E-state index is 0. The SMILES string of the molecule is CCCN[C@H]1CCc2nc(N)sc2C1.COCCc1ccc(OCC(O)CNC(C)C)cc1.COCCc1ccc(OCC(O)CNC(C)C)cc1.Cl.O=C(O)CCC(=O)O.